The van der Waals surface area contributed by atoms with E-state index in [0.29, 0.717) is 0 Å². The van der Waals surface area contributed by atoms with Crippen LogP contribution >= 0.6 is 0 Å². The normalized spacial score (nSPS) is 31.6. The molecule has 3 unspecified atom stereocenters. The van der Waals surface area contributed by atoms with Gasteiger partial charge in [0.05, 0.1) is 5.60 Å². The van der Waals surface area contributed by atoms with Crippen LogP contribution in [0, 0.1) is 11.8 Å². The van der Waals surface area contributed by atoms with Crippen LogP contribution < -0.4 is 0 Å². The van der Waals surface area contributed by atoms with E-state index in [0.717, 1.165) is 24.9 Å². The molecule has 1 aliphatic rings. The molecule has 0 radical (unpaired) electrons. The predicted molar refractivity (Wildman–Crippen MR) is 77.1 cm³/mol. The molecule has 0 aliphatic heterocycles. The van der Waals surface area contributed by atoms with E-state index in [-0.39, 0.29) is 17.6 Å². The summed E-state index contributed by atoms with van der Waals surface area (Å²) < 4.78 is 0. The third kappa shape index (κ3) is 2.77. The number of phenols is 1. The SMILES string of the molecule is CC1CCCC(CN(C)C)C1(O)c1ccc(O)cc1. The van der Waals surface area contributed by atoms with Gasteiger partial charge in [0.15, 0.2) is 0 Å². The lowest BCUT2D eigenvalue weighted by atomic mass is 9.65. The molecule has 0 heterocycles. The fraction of sp³-hybridized carbons (Fsp3) is 0.625. The average molecular weight is 263 g/mol. The summed E-state index contributed by atoms with van der Waals surface area (Å²) in [4.78, 5) is 2.15. The Balaban J connectivity index is 2.35. The Morgan fingerprint density at radius 1 is 1.21 bits per heavy atom. The van der Waals surface area contributed by atoms with Crippen molar-refractivity contribution in [3.63, 3.8) is 0 Å². The zero-order valence-corrected chi connectivity index (χ0v) is 12.1. The van der Waals surface area contributed by atoms with Crippen LogP contribution in [-0.2, 0) is 5.60 Å². The molecule has 1 aliphatic carbocycles. The van der Waals surface area contributed by atoms with E-state index in [4.69, 9.17) is 0 Å². The molecule has 2 N–H and O–H groups in total. The number of hydrogen-bond acceptors (Lipinski definition) is 3. The zero-order valence-electron chi connectivity index (χ0n) is 12.1. The van der Waals surface area contributed by atoms with Crippen molar-refractivity contribution in [1.29, 1.82) is 0 Å². The smallest absolute Gasteiger partial charge is 0.115 e. The van der Waals surface area contributed by atoms with Crippen LogP contribution in [0.15, 0.2) is 24.3 Å². The number of rotatable bonds is 3. The van der Waals surface area contributed by atoms with Crippen LogP contribution in [0.25, 0.3) is 0 Å². The fourth-order valence-corrected chi connectivity index (χ4v) is 3.43. The maximum absolute atomic E-state index is 11.3. The van der Waals surface area contributed by atoms with E-state index < -0.39 is 5.60 Å². The van der Waals surface area contributed by atoms with Crippen molar-refractivity contribution >= 4 is 0 Å². The van der Waals surface area contributed by atoms with Gasteiger partial charge < -0.3 is 15.1 Å². The van der Waals surface area contributed by atoms with Gasteiger partial charge in [0.2, 0.25) is 0 Å². The maximum atomic E-state index is 11.3. The highest BCUT2D eigenvalue weighted by Crippen LogP contribution is 2.45. The van der Waals surface area contributed by atoms with Gasteiger partial charge in [-0.05, 0) is 50.6 Å². The molecule has 19 heavy (non-hydrogen) atoms. The summed E-state index contributed by atoms with van der Waals surface area (Å²) in [5, 5.41) is 20.7. The third-order valence-electron chi connectivity index (χ3n) is 4.48. The fourth-order valence-electron chi connectivity index (χ4n) is 3.43. The minimum Gasteiger partial charge on any atom is -0.508 e. The van der Waals surface area contributed by atoms with Crippen LogP contribution in [-0.4, -0.2) is 35.8 Å². The molecule has 1 saturated carbocycles. The lowest BCUT2D eigenvalue weighted by Crippen LogP contribution is -2.47. The van der Waals surface area contributed by atoms with Gasteiger partial charge in [0.25, 0.3) is 0 Å². The molecule has 0 spiro atoms. The van der Waals surface area contributed by atoms with Gasteiger partial charge in [-0.25, -0.2) is 0 Å². The van der Waals surface area contributed by atoms with Crippen LogP contribution in [0.2, 0.25) is 0 Å². The van der Waals surface area contributed by atoms with E-state index in [9.17, 15) is 10.2 Å². The molecule has 2 rings (SSSR count). The minimum atomic E-state index is -0.782. The summed E-state index contributed by atoms with van der Waals surface area (Å²) in [5.41, 5.74) is 0.153. The summed E-state index contributed by atoms with van der Waals surface area (Å²) in [6, 6.07) is 7.06. The molecule has 0 aromatic heterocycles. The van der Waals surface area contributed by atoms with Gasteiger partial charge in [-0.2, -0.15) is 0 Å². The summed E-state index contributed by atoms with van der Waals surface area (Å²) in [6.07, 6.45) is 3.29. The van der Waals surface area contributed by atoms with Crippen molar-refractivity contribution in [3.05, 3.63) is 29.8 Å². The lowest BCUT2D eigenvalue weighted by molar-refractivity contribution is -0.101. The van der Waals surface area contributed by atoms with Crippen LogP contribution in [0.4, 0.5) is 0 Å². The average Bonchev–Trinajstić information content (AvgIpc) is 2.35. The van der Waals surface area contributed by atoms with Gasteiger partial charge in [0, 0.05) is 12.5 Å². The Bertz CT molecular complexity index is 415. The van der Waals surface area contributed by atoms with Crippen molar-refractivity contribution in [2.45, 2.75) is 31.8 Å². The Morgan fingerprint density at radius 2 is 1.84 bits per heavy atom. The second kappa shape index (κ2) is 5.51. The Hall–Kier alpha value is -1.06. The second-order valence-electron chi connectivity index (χ2n) is 6.16. The lowest BCUT2D eigenvalue weighted by Gasteiger charge is -2.46. The van der Waals surface area contributed by atoms with Gasteiger partial charge in [0.1, 0.15) is 5.75 Å². The van der Waals surface area contributed by atoms with Crippen molar-refractivity contribution in [3.8, 4) is 5.75 Å². The van der Waals surface area contributed by atoms with E-state index in [1.54, 1.807) is 12.1 Å². The molecule has 106 valence electrons. The number of phenolic OH excluding ortho intramolecular Hbond substituents is 1. The maximum Gasteiger partial charge on any atom is 0.115 e. The monoisotopic (exact) mass is 263 g/mol. The highest BCUT2D eigenvalue weighted by atomic mass is 16.3. The van der Waals surface area contributed by atoms with Gasteiger partial charge in [-0.1, -0.05) is 25.5 Å². The molecule has 3 heteroatoms. The van der Waals surface area contributed by atoms with Crippen LogP contribution in [0.5, 0.6) is 5.75 Å². The quantitative estimate of drug-likeness (QED) is 0.881. The molecule has 3 atom stereocenters. The topological polar surface area (TPSA) is 43.7 Å². The largest absolute Gasteiger partial charge is 0.508 e. The summed E-state index contributed by atoms with van der Waals surface area (Å²) in [7, 11) is 4.10. The Kier molecular flexibility index (Phi) is 4.16. The molecule has 3 nitrogen and oxygen atoms in total. The minimum absolute atomic E-state index is 0.246. The van der Waals surface area contributed by atoms with Crippen LogP contribution in [0.1, 0.15) is 31.7 Å². The molecule has 1 fully saturated rings. The van der Waals surface area contributed by atoms with Crippen molar-refractivity contribution in [2.75, 3.05) is 20.6 Å². The predicted octanol–water partition coefficient (Wildman–Crippen LogP) is 2.58. The van der Waals surface area contributed by atoms with Crippen molar-refractivity contribution < 1.29 is 10.2 Å². The zero-order chi connectivity index (χ0) is 14.0. The Morgan fingerprint density at radius 3 is 2.42 bits per heavy atom. The number of aliphatic hydroxyl groups is 1. The second-order valence-corrected chi connectivity index (χ2v) is 6.16. The number of benzene rings is 1. The molecule has 0 amide bonds. The van der Waals surface area contributed by atoms with Crippen LogP contribution in [0.3, 0.4) is 0 Å². The molecule has 0 saturated heterocycles. The first kappa shape index (κ1) is 14.4. The summed E-state index contributed by atoms with van der Waals surface area (Å²) in [6.45, 7) is 3.02. The van der Waals surface area contributed by atoms with E-state index >= 15 is 0 Å². The third-order valence-corrected chi connectivity index (χ3v) is 4.48. The van der Waals surface area contributed by atoms with E-state index in [1.165, 1.54) is 6.42 Å². The molecule has 1 aromatic carbocycles. The molecular formula is C16H25NO2. The molecule has 1 aromatic rings. The van der Waals surface area contributed by atoms with Gasteiger partial charge in [-0.3, -0.25) is 0 Å². The number of hydrogen-bond donors (Lipinski definition) is 2. The molecular weight excluding hydrogens is 238 g/mol. The summed E-state index contributed by atoms with van der Waals surface area (Å²) >= 11 is 0. The number of aromatic hydroxyl groups is 1. The standard InChI is InChI=1S/C16H25NO2/c1-12-5-4-6-14(11-17(2)3)16(12,19)13-7-9-15(18)10-8-13/h7-10,12,14,18-19H,4-6,11H2,1-3H3. The highest BCUT2D eigenvalue weighted by molar-refractivity contribution is 5.31. The first-order valence-electron chi connectivity index (χ1n) is 7.11. The van der Waals surface area contributed by atoms with E-state index in [1.807, 2.05) is 12.1 Å². The number of nitrogens with zero attached hydrogens (tertiary/aromatic N) is 1. The van der Waals surface area contributed by atoms with Gasteiger partial charge in [-0.15, -0.1) is 0 Å². The molecule has 0 bridgehead atoms. The van der Waals surface area contributed by atoms with Crippen molar-refractivity contribution in [1.82, 2.24) is 4.90 Å². The van der Waals surface area contributed by atoms with Gasteiger partial charge >= 0.3 is 0 Å². The van der Waals surface area contributed by atoms with E-state index in [2.05, 4.69) is 25.9 Å². The summed E-state index contributed by atoms with van der Waals surface area (Å²) in [5.74, 6) is 0.742. The Labute approximate surface area is 115 Å². The van der Waals surface area contributed by atoms with Crippen molar-refractivity contribution in [2.24, 2.45) is 11.8 Å². The first-order valence-corrected chi connectivity index (χ1v) is 7.11. The first-order chi connectivity index (χ1) is 8.94. The highest BCUT2D eigenvalue weighted by Gasteiger charge is 2.45.